The van der Waals surface area contributed by atoms with Gasteiger partial charge in [0.2, 0.25) is 0 Å². The summed E-state index contributed by atoms with van der Waals surface area (Å²) in [5.74, 6) is 0.746. The van der Waals surface area contributed by atoms with E-state index in [0.29, 0.717) is 11.4 Å². The van der Waals surface area contributed by atoms with Crippen LogP contribution in [0.25, 0.3) is 0 Å². The molecule has 110 valence electrons. The van der Waals surface area contributed by atoms with Crippen molar-refractivity contribution in [2.75, 3.05) is 23.7 Å². The molecule has 2 rings (SSSR count). The van der Waals surface area contributed by atoms with Crippen molar-refractivity contribution in [1.29, 1.82) is 0 Å². The van der Waals surface area contributed by atoms with Crippen LogP contribution in [0.1, 0.15) is 41.9 Å². The van der Waals surface area contributed by atoms with Gasteiger partial charge in [-0.15, -0.1) is 0 Å². The number of thioether (sulfide) groups is 1. The molecule has 1 fully saturated rings. The van der Waals surface area contributed by atoms with Gasteiger partial charge in [-0.05, 0) is 31.9 Å². The van der Waals surface area contributed by atoms with Crippen LogP contribution in [0.3, 0.4) is 0 Å². The Morgan fingerprint density at radius 1 is 1.40 bits per heavy atom. The third kappa shape index (κ3) is 3.26. The van der Waals surface area contributed by atoms with Gasteiger partial charge in [0.1, 0.15) is 11.4 Å². The van der Waals surface area contributed by atoms with E-state index in [1.54, 1.807) is 0 Å². The second-order valence-corrected chi connectivity index (χ2v) is 7.73. The molecule has 4 nitrogen and oxygen atoms in total. The minimum atomic E-state index is -0.888. The van der Waals surface area contributed by atoms with Crippen LogP contribution in [0.4, 0.5) is 5.82 Å². The zero-order valence-corrected chi connectivity index (χ0v) is 13.4. The number of carboxylic acid groups (broad SMARTS) is 1. The van der Waals surface area contributed by atoms with E-state index in [1.165, 1.54) is 0 Å². The van der Waals surface area contributed by atoms with Crippen molar-refractivity contribution in [3.63, 3.8) is 0 Å². The van der Waals surface area contributed by atoms with Crippen LogP contribution < -0.4 is 4.90 Å². The van der Waals surface area contributed by atoms with Crippen LogP contribution in [-0.2, 0) is 0 Å². The molecule has 0 unspecified atom stereocenters. The first-order valence-corrected chi connectivity index (χ1v) is 7.89. The first-order valence-electron chi connectivity index (χ1n) is 6.90. The van der Waals surface area contributed by atoms with Crippen molar-refractivity contribution >= 4 is 23.5 Å². The maximum Gasteiger partial charge on any atom is 0.339 e. The Morgan fingerprint density at radius 3 is 2.75 bits per heavy atom. The van der Waals surface area contributed by atoms with Crippen LogP contribution in [0.15, 0.2) is 6.07 Å². The molecule has 0 radical (unpaired) electrons. The topological polar surface area (TPSA) is 53.4 Å². The van der Waals surface area contributed by atoms with Crippen LogP contribution in [0.5, 0.6) is 0 Å². The lowest BCUT2D eigenvalue weighted by Crippen LogP contribution is -2.30. The van der Waals surface area contributed by atoms with E-state index in [4.69, 9.17) is 0 Å². The molecular weight excluding hydrogens is 272 g/mol. The fourth-order valence-electron chi connectivity index (χ4n) is 2.54. The second-order valence-electron chi connectivity index (χ2n) is 5.93. The average Bonchev–Trinajstić information content (AvgIpc) is 2.48. The third-order valence-corrected chi connectivity index (χ3v) is 5.05. The summed E-state index contributed by atoms with van der Waals surface area (Å²) in [7, 11) is 0. The first kappa shape index (κ1) is 15.2. The lowest BCUT2D eigenvalue weighted by atomic mass is 10.1. The Hall–Kier alpha value is -1.23. The molecule has 0 aromatic carbocycles. The van der Waals surface area contributed by atoms with E-state index in [9.17, 15) is 9.90 Å². The molecule has 1 N–H and O–H groups in total. The van der Waals surface area contributed by atoms with Crippen molar-refractivity contribution < 1.29 is 9.90 Å². The minimum absolute atomic E-state index is 0.247. The Morgan fingerprint density at radius 2 is 2.10 bits per heavy atom. The molecule has 1 aromatic rings. The largest absolute Gasteiger partial charge is 0.478 e. The van der Waals surface area contributed by atoms with Gasteiger partial charge < -0.3 is 10.0 Å². The highest BCUT2D eigenvalue weighted by Gasteiger charge is 2.27. The van der Waals surface area contributed by atoms with Gasteiger partial charge in [0.15, 0.2) is 0 Å². The van der Waals surface area contributed by atoms with Crippen molar-refractivity contribution in [1.82, 2.24) is 4.98 Å². The number of carbonyl (C=O) groups is 1. The Balaban J connectivity index is 2.39. The lowest BCUT2D eigenvalue weighted by molar-refractivity contribution is 0.0696. The number of anilines is 1. The number of aromatic carboxylic acids is 1. The standard InChI is InChI=1S/C15H22N2O2S/c1-10-9-11(2)16-13(12(10)14(18)19)17-6-5-15(3,4)20-8-7-17/h9H,5-8H2,1-4H3,(H,18,19). The predicted molar refractivity (Wildman–Crippen MR) is 84.0 cm³/mol. The van der Waals surface area contributed by atoms with Gasteiger partial charge in [-0.25, -0.2) is 9.78 Å². The van der Waals surface area contributed by atoms with E-state index in [1.807, 2.05) is 31.7 Å². The molecule has 1 saturated heterocycles. The molecule has 0 amide bonds. The van der Waals surface area contributed by atoms with Gasteiger partial charge >= 0.3 is 5.97 Å². The summed E-state index contributed by atoms with van der Waals surface area (Å²) in [5, 5.41) is 9.47. The summed E-state index contributed by atoms with van der Waals surface area (Å²) in [4.78, 5) is 18.2. The number of pyridine rings is 1. The van der Waals surface area contributed by atoms with E-state index in [2.05, 4.69) is 23.7 Å². The number of hydrogen-bond acceptors (Lipinski definition) is 4. The van der Waals surface area contributed by atoms with Crippen molar-refractivity contribution in [3.05, 3.63) is 22.9 Å². The minimum Gasteiger partial charge on any atom is -0.478 e. The van der Waals surface area contributed by atoms with Gasteiger partial charge in [0.25, 0.3) is 0 Å². The number of carboxylic acids is 1. The first-order chi connectivity index (χ1) is 9.30. The Bertz CT molecular complexity index is 529. The molecule has 1 aliphatic rings. The summed E-state index contributed by atoms with van der Waals surface area (Å²) >= 11 is 1.95. The lowest BCUT2D eigenvalue weighted by Gasteiger charge is -2.25. The molecule has 20 heavy (non-hydrogen) atoms. The zero-order chi connectivity index (χ0) is 14.9. The predicted octanol–water partition coefficient (Wildman–Crippen LogP) is 3.12. The van der Waals surface area contributed by atoms with E-state index in [-0.39, 0.29) is 4.75 Å². The van der Waals surface area contributed by atoms with Crippen LogP contribution in [0.2, 0.25) is 0 Å². The fourth-order valence-corrected chi connectivity index (χ4v) is 3.64. The molecule has 1 aliphatic heterocycles. The number of hydrogen-bond donors (Lipinski definition) is 1. The summed E-state index contributed by atoms with van der Waals surface area (Å²) in [6.45, 7) is 9.96. The van der Waals surface area contributed by atoms with Gasteiger partial charge in [-0.3, -0.25) is 0 Å². The molecule has 2 heterocycles. The molecule has 0 aliphatic carbocycles. The number of rotatable bonds is 2. The highest BCUT2D eigenvalue weighted by atomic mass is 32.2. The Labute approximate surface area is 124 Å². The second kappa shape index (κ2) is 5.64. The average molecular weight is 294 g/mol. The van der Waals surface area contributed by atoms with E-state index < -0.39 is 5.97 Å². The molecular formula is C15H22N2O2S. The summed E-state index contributed by atoms with van der Waals surface area (Å²) in [6, 6.07) is 1.84. The summed E-state index contributed by atoms with van der Waals surface area (Å²) in [5.41, 5.74) is 2.01. The molecule has 0 bridgehead atoms. The smallest absolute Gasteiger partial charge is 0.339 e. The van der Waals surface area contributed by atoms with Crippen LogP contribution >= 0.6 is 11.8 Å². The number of aromatic nitrogens is 1. The number of aryl methyl sites for hydroxylation is 2. The maximum atomic E-state index is 11.5. The SMILES string of the molecule is Cc1cc(C)c(C(=O)O)c(N2CCSC(C)(C)CC2)n1. The van der Waals surface area contributed by atoms with Gasteiger partial charge in [0, 0.05) is 29.3 Å². The van der Waals surface area contributed by atoms with Crippen molar-refractivity contribution in [3.8, 4) is 0 Å². The molecule has 0 spiro atoms. The van der Waals surface area contributed by atoms with Crippen molar-refractivity contribution in [2.24, 2.45) is 0 Å². The van der Waals surface area contributed by atoms with Crippen molar-refractivity contribution in [2.45, 2.75) is 38.9 Å². The number of nitrogens with zero attached hydrogens (tertiary/aromatic N) is 2. The molecule has 1 aromatic heterocycles. The summed E-state index contributed by atoms with van der Waals surface area (Å²) in [6.07, 6.45) is 1.03. The van der Waals surface area contributed by atoms with Gasteiger partial charge in [-0.1, -0.05) is 13.8 Å². The van der Waals surface area contributed by atoms with Crippen LogP contribution in [0, 0.1) is 13.8 Å². The quantitative estimate of drug-likeness (QED) is 0.908. The Kier molecular flexibility index (Phi) is 4.28. The molecule has 0 atom stereocenters. The highest BCUT2D eigenvalue weighted by molar-refractivity contribution is 8.00. The van der Waals surface area contributed by atoms with E-state index >= 15 is 0 Å². The summed E-state index contributed by atoms with van der Waals surface area (Å²) < 4.78 is 0.247. The third-order valence-electron chi connectivity index (χ3n) is 3.68. The zero-order valence-electron chi connectivity index (χ0n) is 12.6. The normalized spacial score (nSPS) is 18.7. The van der Waals surface area contributed by atoms with Crippen LogP contribution in [-0.4, -0.2) is 39.6 Å². The highest BCUT2D eigenvalue weighted by Crippen LogP contribution is 2.33. The monoisotopic (exact) mass is 294 g/mol. The molecule has 0 saturated carbocycles. The molecule has 5 heteroatoms. The van der Waals surface area contributed by atoms with E-state index in [0.717, 1.165) is 36.5 Å². The van der Waals surface area contributed by atoms with Gasteiger partial charge in [0.05, 0.1) is 0 Å². The van der Waals surface area contributed by atoms with Gasteiger partial charge in [-0.2, -0.15) is 11.8 Å². The fraction of sp³-hybridized carbons (Fsp3) is 0.600. The maximum absolute atomic E-state index is 11.5.